The Morgan fingerprint density at radius 1 is 0.828 bits per heavy atom. The molecule has 1 aliphatic carbocycles. The summed E-state index contributed by atoms with van der Waals surface area (Å²) in [5, 5.41) is 38.5. The van der Waals surface area contributed by atoms with Gasteiger partial charge in [0.05, 0.1) is 33.0 Å². The summed E-state index contributed by atoms with van der Waals surface area (Å²) >= 11 is 0. The quantitative estimate of drug-likeness (QED) is 0.238. The zero-order chi connectivity index (χ0) is 20.8. The first-order chi connectivity index (χ1) is 14.0. The Hall–Kier alpha value is -1.71. The summed E-state index contributed by atoms with van der Waals surface area (Å²) in [4.78, 5) is 0. The van der Waals surface area contributed by atoms with Crippen molar-refractivity contribution < 1.29 is 34.3 Å². The number of benzene rings is 2. The first kappa shape index (κ1) is 22.0. The molecule has 3 rings (SSSR count). The molecule has 1 aliphatic rings. The minimum atomic E-state index is -1.56. The number of hydrogen-bond acceptors (Lipinski definition) is 7. The molecule has 7 nitrogen and oxygen atoms in total. The van der Waals surface area contributed by atoms with Crippen LogP contribution in [0.25, 0.3) is 11.1 Å². The molecule has 0 aliphatic heterocycles. The lowest BCUT2D eigenvalue weighted by atomic mass is 9.74. The van der Waals surface area contributed by atoms with Gasteiger partial charge in [0, 0.05) is 7.11 Å². The SMILES string of the molecule is COCCOCCOCCc1c(B(O)O)ccc2c1Cc1cc(B(O)O)ccc1-2. The largest absolute Gasteiger partial charge is 0.488 e. The van der Waals surface area contributed by atoms with Crippen molar-refractivity contribution in [1.29, 1.82) is 0 Å². The topological polar surface area (TPSA) is 109 Å². The third-order valence-corrected chi connectivity index (χ3v) is 5.13. The Morgan fingerprint density at radius 2 is 1.52 bits per heavy atom. The second kappa shape index (κ2) is 10.4. The van der Waals surface area contributed by atoms with Gasteiger partial charge in [-0.3, -0.25) is 0 Å². The Kier molecular flexibility index (Phi) is 7.85. The van der Waals surface area contributed by atoms with E-state index in [-0.39, 0.29) is 0 Å². The molecule has 0 radical (unpaired) electrons. The average Bonchev–Trinajstić information content (AvgIpc) is 3.07. The highest BCUT2D eigenvalue weighted by Gasteiger charge is 2.27. The van der Waals surface area contributed by atoms with Crippen LogP contribution in [0.1, 0.15) is 16.7 Å². The molecule has 154 valence electrons. The summed E-state index contributed by atoms with van der Waals surface area (Å²) < 4.78 is 15.9. The molecule has 2 aromatic carbocycles. The third-order valence-electron chi connectivity index (χ3n) is 5.13. The molecule has 0 amide bonds. The van der Waals surface area contributed by atoms with Crippen molar-refractivity contribution in [2.24, 2.45) is 0 Å². The lowest BCUT2D eigenvalue weighted by molar-refractivity contribution is 0.0256. The summed E-state index contributed by atoms with van der Waals surface area (Å²) in [5.74, 6) is 0. The molecule has 0 saturated heterocycles. The van der Waals surface area contributed by atoms with Crippen LogP contribution in [0.2, 0.25) is 0 Å². The molecular weight excluding hydrogens is 374 g/mol. The maximum absolute atomic E-state index is 9.81. The van der Waals surface area contributed by atoms with Gasteiger partial charge in [0.2, 0.25) is 0 Å². The first-order valence-electron chi connectivity index (χ1n) is 9.67. The van der Waals surface area contributed by atoms with Crippen molar-refractivity contribution in [3.63, 3.8) is 0 Å². The Labute approximate surface area is 171 Å². The summed E-state index contributed by atoms with van der Waals surface area (Å²) in [6.07, 6.45) is 1.14. The number of methoxy groups -OCH3 is 1. The molecule has 0 spiro atoms. The van der Waals surface area contributed by atoms with Gasteiger partial charge in [0.1, 0.15) is 0 Å². The van der Waals surface area contributed by atoms with Crippen LogP contribution >= 0.6 is 0 Å². The second-order valence-corrected chi connectivity index (χ2v) is 6.97. The number of hydrogen-bond donors (Lipinski definition) is 4. The molecule has 0 aromatic heterocycles. The highest BCUT2D eigenvalue weighted by atomic mass is 16.5. The zero-order valence-electron chi connectivity index (χ0n) is 16.5. The normalized spacial score (nSPS) is 12.0. The third kappa shape index (κ3) is 5.26. The smallest absolute Gasteiger partial charge is 0.423 e. The fourth-order valence-electron chi connectivity index (χ4n) is 3.71. The van der Waals surface area contributed by atoms with Crippen LogP contribution in [0.5, 0.6) is 0 Å². The van der Waals surface area contributed by atoms with Crippen LogP contribution in [0.15, 0.2) is 30.3 Å². The molecule has 0 bridgehead atoms. The fourth-order valence-corrected chi connectivity index (χ4v) is 3.71. The summed E-state index contributed by atoms with van der Waals surface area (Å²) in [6.45, 7) is 2.43. The minimum absolute atomic E-state index is 0.431. The van der Waals surface area contributed by atoms with E-state index >= 15 is 0 Å². The molecule has 0 unspecified atom stereocenters. The van der Waals surface area contributed by atoms with E-state index in [1.54, 1.807) is 25.3 Å². The monoisotopic (exact) mass is 400 g/mol. The van der Waals surface area contributed by atoms with Crippen LogP contribution in [0.3, 0.4) is 0 Å². The lowest BCUT2D eigenvalue weighted by Gasteiger charge is -2.15. The summed E-state index contributed by atoms with van der Waals surface area (Å²) in [5.41, 5.74) is 5.84. The van der Waals surface area contributed by atoms with E-state index in [0.29, 0.717) is 56.8 Å². The van der Waals surface area contributed by atoms with Gasteiger partial charge in [-0.25, -0.2) is 0 Å². The van der Waals surface area contributed by atoms with E-state index in [0.717, 1.165) is 27.8 Å². The maximum Gasteiger partial charge on any atom is 0.488 e. The molecule has 0 fully saturated rings. The van der Waals surface area contributed by atoms with E-state index in [9.17, 15) is 20.1 Å². The highest BCUT2D eigenvalue weighted by Crippen LogP contribution is 2.37. The van der Waals surface area contributed by atoms with Gasteiger partial charge in [-0.15, -0.1) is 0 Å². The average molecular weight is 400 g/mol. The highest BCUT2D eigenvalue weighted by molar-refractivity contribution is 6.59. The van der Waals surface area contributed by atoms with E-state index in [1.807, 2.05) is 12.1 Å². The summed E-state index contributed by atoms with van der Waals surface area (Å²) in [7, 11) is -1.46. The molecule has 9 heteroatoms. The molecule has 0 saturated carbocycles. The van der Waals surface area contributed by atoms with Crippen LogP contribution < -0.4 is 10.9 Å². The molecular formula is C20H26B2O7. The van der Waals surface area contributed by atoms with Crippen molar-refractivity contribution in [3.8, 4) is 11.1 Å². The van der Waals surface area contributed by atoms with Gasteiger partial charge in [-0.05, 0) is 51.6 Å². The molecule has 29 heavy (non-hydrogen) atoms. The number of rotatable bonds is 11. The number of ether oxygens (including phenoxy) is 3. The molecule has 0 atom stereocenters. The van der Waals surface area contributed by atoms with Crippen LogP contribution in [-0.2, 0) is 27.1 Å². The van der Waals surface area contributed by atoms with Gasteiger partial charge in [-0.2, -0.15) is 0 Å². The van der Waals surface area contributed by atoms with Gasteiger partial charge in [-0.1, -0.05) is 30.3 Å². The number of fused-ring (bicyclic) bond motifs is 3. The van der Waals surface area contributed by atoms with E-state index in [1.165, 1.54) is 0 Å². The van der Waals surface area contributed by atoms with Crippen LogP contribution in [-0.4, -0.2) is 74.5 Å². The summed E-state index contributed by atoms with van der Waals surface area (Å²) in [6, 6.07) is 8.98. The standard InChI is InChI=1S/C20H26B2O7/c1-27-8-9-29-11-10-28-7-6-18-19-13-14-12-15(21(23)24)2-3-16(14)17(19)4-5-20(18)22(25)26/h2-5,12,23-26H,6-11,13H2,1H3. The molecule has 4 N–H and O–H groups in total. The molecule has 2 aromatic rings. The van der Waals surface area contributed by atoms with Crippen molar-refractivity contribution in [3.05, 3.63) is 47.0 Å². The minimum Gasteiger partial charge on any atom is -0.423 e. The van der Waals surface area contributed by atoms with E-state index < -0.39 is 14.2 Å². The fraction of sp³-hybridized carbons (Fsp3) is 0.400. The van der Waals surface area contributed by atoms with Gasteiger partial charge in [0.15, 0.2) is 0 Å². The van der Waals surface area contributed by atoms with Gasteiger partial charge >= 0.3 is 14.2 Å². The van der Waals surface area contributed by atoms with Crippen LogP contribution in [0.4, 0.5) is 0 Å². The first-order valence-corrected chi connectivity index (χ1v) is 9.67. The van der Waals surface area contributed by atoms with Crippen molar-refractivity contribution in [1.82, 2.24) is 0 Å². The Morgan fingerprint density at radius 3 is 2.21 bits per heavy atom. The maximum atomic E-state index is 9.81. The zero-order valence-corrected chi connectivity index (χ0v) is 16.5. The van der Waals surface area contributed by atoms with Crippen molar-refractivity contribution in [2.75, 3.05) is 40.1 Å². The van der Waals surface area contributed by atoms with Gasteiger partial charge in [0.25, 0.3) is 0 Å². The van der Waals surface area contributed by atoms with Crippen molar-refractivity contribution >= 4 is 25.2 Å². The predicted octanol–water partition coefficient (Wildman–Crippen LogP) is -1.16. The van der Waals surface area contributed by atoms with Crippen LogP contribution in [0, 0.1) is 0 Å². The predicted molar refractivity (Wildman–Crippen MR) is 112 cm³/mol. The molecule has 0 heterocycles. The second-order valence-electron chi connectivity index (χ2n) is 6.97. The van der Waals surface area contributed by atoms with Gasteiger partial charge < -0.3 is 34.3 Å². The van der Waals surface area contributed by atoms with Crippen molar-refractivity contribution in [2.45, 2.75) is 12.8 Å². The Balaban J connectivity index is 1.71. The van der Waals surface area contributed by atoms with E-state index in [4.69, 9.17) is 14.2 Å². The Bertz CT molecular complexity index is 827. The lowest BCUT2D eigenvalue weighted by Crippen LogP contribution is -2.34. The van der Waals surface area contributed by atoms with E-state index in [2.05, 4.69) is 0 Å².